The number of amides is 1. The van der Waals surface area contributed by atoms with Crippen molar-refractivity contribution in [2.75, 3.05) is 44.2 Å². The predicted octanol–water partition coefficient (Wildman–Crippen LogP) is 2.70. The Morgan fingerprint density at radius 2 is 1.78 bits per heavy atom. The van der Waals surface area contributed by atoms with Gasteiger partial charge in [-0.25, -0.2) is 4.79 Å². The summed E-state index contributed by atoms with van der Waals surface area (Å²) in [5.74, 6) is 0. The molecule has 6 nitrogen and oxygen atoms in total. The molecule has 1 aromatic rings. The zero-order valence-electron chi connectivity index (χ0n) is 16.9. The van der Waals surface area contributed by atoms with E-state index < -0.39 is 5.60 Å². The van der Waals surface area contributed by atoms with Crippen molar-refractivity contribution in [2.24, 2.45) is 0 Å². The number of nitrogens with zero attached hydrogens (tertiary/aromatic N) is 3. The molecule has 1 aromatic carbocycles. The summed E-state index contributed by atoms with van der Waals surface area (Å²) >= 11 is 0. The predicted molar refractivity (Wildman–Crippen MR) is 107 cm³/mol. The van der Waals surface area contributed by atoms with E-state index in [9.17, 15) is 9.90 Å². The normalized spacial score (nSPS) is 22.0. The lowest BCUT2D eigenvalue weighted by Gasteiger charge is -2.35. The molecule has 150 valence electrons. The van der Waals surface area contributed by atoms with Crippen molar-refractivity contribution >= 4 is 11.8 Å². The fourth-order valence-corrected chi connectivity index (χ4v) is 3.67. The van der Waals surface area contributed by atoms with Gasteiger partial charge in [0, 0.05) is 51.5 Å². The third-order valence-corrected chi connectivity index (χ3v) is 5.13. The van der Waals surface area contributed by atoms with Crippen LogP contribution in [0.2, 0.25) is 0 Å². The second-order valence-electron chi connectivity index (χ2n) is 8.65. The monoisotopic (exact) mass is 375 g/mol. The van der Waals surface area contributed by atoms with Gasteiger partial charge in [0.25, 0.3) is 0 Å². The fraction of sp³-hybridized carbons (Fsp3) is 0.667. The Morgan fingerprint density at radius 3 is 2.37 bits per heavy atom. The van der Waals surface area contributed by atoms with Crippen molar-refractivity contribution in [2.45, 2.75) is 51.9 Å². The van der Waals surface area contributed by atoms with Crippen LogP contribution >= 0.6 is 0 Å². The van der Waals surface area contributed by atoms with E-state index in [1.165, 1.54) is 11.3 Å². The lowest BCUT2D eigenvalue weighted by atomic mass is 10.1. The maximum atomic E-state index is 12.2. The Kier molecular flexibility index (Phi) is 6.27. The molecule has 0 saturated carbocycles. The first-order valence-corrected chi connectivity index (χ1v) is 10.0. The van der Waals surface area contributed by atoms with Gasteiger partial charge in [0.2, 0.25) is 0 Å². The minimum absolute atomic E-state index is 0.209. The molecule has 27 heavy (non-hydrogen) atoms. The van der Waals surface area contributed by atoms with Gasteiger partial charge in [0.15, 0.2) is 0 Å². The molecule has 1 N–H and O–H groups in total. The quantitative estimate of drug-likeness (QED) is 0.880. The molecular weight excluding hydrogens is 342 g/mol. The maximum absolute atomic E-state index is 12.2. The van der Waals surface area contributed by atoms with Crippen molar-refractivity contribution in [1.82, 2.24) is 9.80 Å². The Labute approximate surface area is 162 Å². The van der Waals surface area contributed by atoms with E-state index in [4.69, 9.17) is 4.74 Å². The first-order chi connectivity index (χ1) is 12.8. The number of rotatable bonds is 3. The number of carbonyl (C=O) groups is 1. The summed E-state index contributed by atoms with van der Waals surface area (Å²) in [6.45, 7) is 11.5. The molecular formula is C21H33N3O3. The summed E-state index contributed by atoms with van der Waals surface area (Å²) < 4.78 is 5.46. The van der Waals surface area contributed by atoms with E-state index >= 15 is 0 Å². The second-order valence-corrected chi connectivity index (χ2v) is 8.65. The Morgan fingerprint density at radius 1 is 1.11 bits per heavy atom. The van der Waals surface area contributed by atoms with E-state index in [1.807, 2.05) is 20.8 Å². The molecule has 2 aliphatic heterocycles. The van der Waals surface area contributed by atoms with E-state index in [0.717, 1.165) is 45.6 Å². The number of piperazine rings is 1. The van der Waals surface area contributed by atoms with Crippen LogP contribution in [-0.2, 0) is 11.3 Å². The van der Waals surface area contributed by atoms with Crippen LogP contribution < -0.4 is 4.90 Å². The summed E-state index contributed by atoms with van der Waals surface area (Å²) in [7, 11) is 0. The van der Waals surface area contributed by atoms with Crippen molar-refractivity contribution in [3.05, 3.63) is 29.8 Å². The average molecular weight is 376 g/mol. The zero-order chi connectivity index (χ0) is 19.4. The number of aliphatic hydroxyl groups is 1. The van der Waals surface area contributed by atoms with Crippen molar-refractivity contribution < 1.29 is 14.6 Å². The van der Waals surface area contributed by atoms with Gasteiger partial charge < -0.3 is 19.6 Å². The zero-order valence-corrected chi connectivity index (χ0v) is 16.9. The van der Waals surface area contributed by atoms with Gasteiger partial charge in [-0.2, -0.15) is 0 Å². The Bertz CT molecular complexity index is 619. The lowest BCUT2D eigenvalue weighted by Crippen LogP contribution is -2.49. The highest BCUT2D eigenvalue weighted by atomic mass is 16.6. The molecule has 0 aromatic heterocycles. The van der Waals surface area contributed by atoms with Gasteiger partial charge in [-0.1, -0.05) is 12.1 Å². The second kappa shape index (κ2) is 8.48. The van der Waals surface area contributed by atoms with Crippen LogP contribution in [0.5, 0.6) is 0 Å². The van der Waals surface area contributed by atoms with Gasteiger partial charge in [0.1, 0.15) is 5.60 Å². The molecule has 0 spiro atoms. The number of hydrogen-bond acceptors (Lipinski definition) is 5. The number of hydrogen-bond donors (Lipinski definition) is 1. The number of β-amino-alcohol motifs (C(OH)–C–C–N with tert-alkyl or cyclic N) is 1. The summed E-state index contributed by atoms with van der Waals surface area (Å²) in [5, 5.41) is 9.85. The summed E-state index contributed by atoms with van der Waals surface area (Å²) in [4.78, 5) is 18.6. The Balaban J connectivity index is 1.47. The molecule has 1 unspecified atom stereocenters. The molecule has 3 rings (SSSR count). The van der Waals surface area contributed by atoms with Gasteiger partial charge >= 0.3 is 6.09 Å². The van der Waals surface area contributed by atoms with Crippen molar-refractivity contribution in [3.8, 4) is 0 Å². The first-order valence-electron chi connectivity index (χ1n) is 10.0. The van der Waals surface area contributed by atoms with Crippen molar-refractivity contribution in [1.29, 1.82) is 0 Å². The van der Waals surface area contributed by atoms with Crippen molar-refractivity contribution in [3.63, 3.8) is 0 Å². The van der Waals surface area contributed by atoms with Gasteiger partial charge in [-0.05, 0) is 51.3 Å². The smallest absolute Gasteiger partial charge is 0.410 e. The number of aliphatic hydroxyl groups excluding tert-OH is 1. The maximum Gasteiger partial charge on any atom is 0.410 e. The van der Waals surface area contributed by atoms with E-state index in [-0.39, 0.29) is 12.2 Å². The molecule has 0 radical (unpaired) electrons. The number of ether oxygens (including phenoxy) is 1. The number of benzene rings is 1. The molecule has 6 heteroatoms. The first kappa shape index (κ1) is 20.0. The fourth-order valence-electron chi connectivity index (χ4n) is 3.67. The topological polar surface area (TPSA) is 56.2 Å². The van der Waals surface area contributed by atoms with Crippen LogP contribution in [0.25, 0.3) is 0 Å². The van der Waals surface area contributed by atoms with Gasteiger partial charge in [0.05, 0.1) is 6.10 Å². The van der Waals surface area contributed by atoms with Gasteiger partial charge in [-0.3, -0.25) is 4.90 Å². The van der Waals surface area contributed by atoms with Crippen LogP contribution in [0.1, 0.15) is 39.2 Å². The molecule has 2 saturated heterocycles. The molecule has 0 bridgehead atoms. The van der Waals surface area contributed by atoms with E-state index in [2.05, 4.69) is 34.1 Å². The highest BCUT2D eigenvalue weighted by Gasteiger charge is 2.26. The third-order valence-electron chi connectivity index (χ3n) is 5.13. The standard InChI is InChI=1S/C21H33N3O3/c1-21(2,3)27-20(26)23-13-11-22(12-14-23)15-17-6-8-18(9-7-17)24-10-4-5-19(25)16-24/h6-9,19,25H,4-5,10-16H2,1-3H3. The van der Waals surface area contributed by atoms with Crippen LogP contribution in [0.4, 0.5) is 10.5 Å². The summed E-state index contributed by atoms with van der Waals surface area (Å²) in [6, 6.07) is 8.67. The minimum atomic E-state index is -0.444. The molecule has 2 heterocycles. The number of carbonyl (C=O) groups excluding carboxylic acids is 1. The van der Waals surface area contributed by atoms with Gasteiger partial charge in [-0.15, -0.1) is 0 Å². The highest BCUT2D eigenvalue weighted by molar-refractivity contribution is 5.68. The SMILES string of the molecule is CC(C)(C)OC(=O)N1CCN(Cc2ccc(N3CCCC(O)C3)cc2)CC1. The lowest BCUT2D eigenvalue weighted by molar-refractivity contribution is 0.0139. The van der Waals surface area contributed by atoms with E-state index in [1.54, 1.807) is 4.90 Å². The largest absolute Gasteiger partial charge is 0.444 e. The average Bonchev–Trinajstić information content (AvgIpc) is 2.61. The van der Waals surface area contributed by atoms with Crippen LogP contribution in [0.3, 0.4) is 0 Å². The van der Waals surface area contributed by atoms with Crippen LogP contribution in [0.15, 0.2) is 24.3 Å². The molecule has 1 atom stereocenters. The Hall–Kier alpha value is -1.79. The summed E-state index contributed by atoms with van der Waals surface area (Å²) in [5.41, 5.74) is 2.02. The molecule has 2 aliphatic rings. The number of anilines is 1. The third kappa shape index (κ3) is 5.84. The molecule has 1 amide bonds. The van der Waals surface area contributed by atoms with E-state index in [0.29, 0.717) is 13.1 Å². The van der Waals surface area contributed by atoms with Crippen LogP contribution in [0, 0.1) is 0 Å². The minimum Gasteiger partial charge on any atom is -0.444 e. The highest BCUT2D eigenvalue weighted by Crippen LogP contribution is 2.21. The molecule has 2 fully saturated rings. The summed E-state index contributed by atoms with van der Waals surface area (Å²) in [6.07, 6.45) is 1.53. The van der Waals surface area contributed by atoms with Crippen LogP contribution in [-0.4, -0.2) is 72.0 Å². The molecule has 0 aliphatic carbocycles. The number of piperidine rings is 1.